The van der Waals surface area contributed by atoms with Crippen LogP contribution in [0.3, 0.4) is 0 Å². The lowest BCUT2D eigenvalue weighted by molar-refractivity contribution is 0.359. The fourth-order valence-electron chi connectivity index (χ4n) is 1.30. The Hall–Kier alpha value is 0.690. The molecule has 0 aromatic carbocycles. The van der Waals surface area contributed by atoms with Gasteiger partial charge in [0.15, 0.2) is 0 Å². The van der Waals surface area contributed by atoms with E-state index in [0.29, 0.717) is 12.2 Å². The highest BCUT2D eigenvalue weighted by Crippen LogP contribution is 2.61. The molecule has 0 saturated carbocycles. The van der Waals surface area contributed by atoms with E-state index < -0.39 is 20.4 Å². The molecule has 92 valence electrons. The maximum atomic E-state index is 11.3. The summed E-state index contributed by atoms with van der Waals surface area (Å²) in [6.07, 6.45) is 2.23. The summed E-state index contributed by atoms with van der Waals surface area (Å²) in [6.45, 7) is 0.995. The average molecular weight is 276 g/mol. The predicted molar refractivity (Wildman–Crippen MR) is 63.9 cm³/mol. The van der Waals surface area contributed by atoms with E-state index in [1.807, 2.05) is 0 Å². The summed E-state index contributed by atoms with van der Waals surface area (Å²) in [5, 5.41) is -1.41. The van der Waals surface area contributed by atoms with Crippen LogP contribution in [0.25, 0.3) is 0 Å². The van der Waals surface area contributed by atoms with Crippen molar-refractivity contribution in [2.45, 2.75) is 31.1 Å². The lowest BCUT2D eigenvalue weighted by atomic mass is 10.2. The van der Waals surface area contributed by atoms with Gasteiger partial charge in [-0.3, -0.25) is 9.13 Å². The van der Waals surface area contributed by atoms with Crippen molar-refractivity contribution in [3.63, 3.8) is 0 Å². The molecule has 0 aliphatic carbocycles. The van der Waals surface area contributed by atoms with Crippen LogP contribution in [0.2, 0.25) is 0 Å². The Labute approximate surface area is 95.3 Å². The van der Waals surface area contributed by atoms with Crippen molar-refractivity contribution >= 4 is 27.6 Å². The first-order valence-corrected chi connectivity index (χ1v) is 9.14. The summed E-state index contributed by atoms with van der Waals surface area (Å²) in [5.41, 5.74) is 0. The van der Waals surface area contributed by atoms with Crippen molar-refractivity contribution in [2.24, 2.45) is 0 Å². The lowest BCUT2D eigenvalue weighted by Crippen LogP contribution is -2.08. The second kappa shape index (κ2) is 6.43. The van der Waals surface area contributed by atoms with Gasteiger partial charge in [-0.25, -0.2) is 0 Å². The largest absolute Gasteiger partial charge is 0.344 e. The third-order valence-corrected chi connectivity index (χ3v) is 6.96. The molecule has 3 N–H and O–H groups in total. The molecule has 0 aromatic rings. The van der Waals surface area contributed by atoms with E-state index in [0.717, 1.165) is 19.5 Å². The molecule has 8 heteroatoms. The first kappa shape index (κ1) is 15.7. The SMILES string of the molecule is CP(=O)(O)C(CCCCCS)P(=O)(O)O. The molecule has 0 spiro atoms. The minimum Gasteiger partial charge on any atom is -0.344 e. The molecule has 0 rings (SSSR count). The predicted octanol–water partition coefficient (Wildman–Crippen LogP) is 1.88. The van der Waals surface area contributed by atoms with Crippen LogP contribution in [-0.4, -0.2) is 32.5 Å². The minimum atomic E-state index is -4.48. The molecule has 0 aromatic heterocycles. The van der Waals surface area contributed by atoms with Crippen LogP contribution in [0.5, 0.6) is 0 Å². The number of hydrogen-bond acceptors (Lipinski definition) is 3. The van der Waals surface area contributed by atoms with Crippen LogP contribution in [0, 0.1) is 0 Å². The fraction of sp³-hybridized carbons (Fsp3) is 1.00. The van der Waals surface area contributed by atoms with Gasteiger partial charge in [-0.15, -0.1) is 0 Å². The Balaban J connectivity index is 4.30. The standard InChI is InChI=1S/C7H18O5P2S/c1-13(8,9)7(14(10,11)12)5-3-2-4-6-15/h7,15H,2-6H2,1H3,(H,8,9)(H2,10,11,12). The number of hydrogen-bond donors (Lipinski definition) is 4. The molecule has 2 atom stereocenters. The third-order valence-electron chi connectivity index (χ3n) is 2.06. The molecule has 2 unspecified atom stereocenters. The van der Waals surface area contributed by atoms with Gasteiger partial charge in [0.25, 0.3) is 0 Å². The molecule has 0 bridgehead atoms. The zero-order valence-corrected chi connectivity index (χ0v) is 11.3. The van der Waals surface area contributed by atoms with Gasteiger partial charge in [0.05, 0.1) is 0 Å². The van der Waals surface area contributed by atoms with Crippen LogP contribution in [-0.2, 0) is 9.13 Å². The van der Waals surface area contributed by atoms with E-state index in [1.54, 1.807) is 0 Å². The highest BCUT2D eigenvalue weighted by molar-refractivity contribution is 7.80. The zero-order chi connectivity index (χ0) is 12.1. The van der Waals surface area contributed by atoms with Gasteiger partial charge in [0.2, 0.25) is 7.37 Å². The van der Waals surface area contributed by atoms with Gasteiger partial charge in [-0.1, -0.05) is 12.8 Å². The zero-order valence-electron chi connectivity index (χ0n) is 8.61. The van der Waals surface area contributed by atoms with Gasteiger partial charge >= 0.3 is 7.60 Å². The summed E-state index contributed by atoms with van der Waals surface area (Å²) in [7, 11) is -8.21. The van der Waals surface area contributed by atoms with Gasteiger partial charge in [-0.2, -0.15) is 12.6 Å². The van der Waals surface area contributed by atoms with E-state index in [2.05, 4.69) is 12.6 Å². The van der Waals surface area contributed by atoms with Crippen molar-refractivity contribution in [1.82, 2.24) is 0 Å². The molecule has 15 heavy (non-hydrogen) atoms. The summed E-state index contributed by atoms with van der Waals surface area (Å²) in [5.74, 6) is 0.712. The number of rotatable bonds is 7. The highest BCUT2D eigenvalue weighted by atomic mass is 32.1. The summed E-state index contributed by atoms with van der Waals surface area (Å²) in [6, 6.07) is 0. The van der Waals surface area contributed by atoms with Crippen LogP contribution in [0.1, 0.15) is 25.7 Å². The molecule has 0 radical (unpaired) electrons. The number of unbranched alkanes of at least 4 members (excludes halogenated alkanes) is 2. The average Bonchev–Trinajstić information content (AvgIpc) is 1.99. The van der Waals surface area contributed by atoms with Gasteiger partial charge in [0, 0.05) is 6.66 Å². The minimum absolute atomic E-state index is 0.0856. The summed E-state index contributed by atoms with van der Waals surface area (Å²) in [4.78, 5) is 27.1. The second-order valence-corrected chi connectivity index (χ2v) is 8.75. The van der Waals surface area contributed by atoms with E-state index in [9.17, 15) is 14.0 Å². The van der Waals surface area contributed by atoms with E-state index in [1.165, 1.54) is 0 Å². The highest BCUT2D eigenvalue weighted by Gasteiger charge is 2.39. The van der Waals surface area contributed by atoms with Gasteiger partial charge in [-0.05, 0) is 18.6 Å². The van der Waals surface area contributed by atoms with Crippen molar-refractivity contribution in [1.29, 1.82) is 0 Å². The Kier molecular flexibility index (Phi) is 6.73. The Morgan fingerprint density at radius 3 is 2.00 bits per heavy atom. The molecule has 0 saturated heterocycles. The smallest absolute Gasteiger partial charge is 0.338 e. The van der Waals surface area contributed by atoms with Crippen molar-refractivity contribution in [2.75, 3.05) is 12.4 Å². The van der Waals surface area contributed by atoms with Crippen LogP contribution in [0.15, 0.2) is 0 Å². The van der Waals surface area contributed by atoms with Crippen LogP contribution < -0.4 is 0 Å². The molecule has 0 aliphatic rings. The first-order chi connectivity index (χ1) is 6.69. The quantitative estimate of drug-likeness (QED) is 0.323. The lowest BCUT2D eigenvalue weighted by Gasteiger charge is -2.20. The van der Waals surface area contributed by atoms with E-state index in [-0.39, 0.29) is 6.42 Å². The topological polar surface area (TPSA) is 94.8 Å². The van der Waals surface area contributed by atoms with E-state index >= 15 is 0 Å². The second-order valence-electron chi connectivity index (χ2n) is 3.59. The number of thiol groups is 1. The van der Waals surface area contributed by atoms with Crippen molar-refractivity contribution < 1.29 is 23.8 Å². The summed E-state index contributed by atoms with van der Waals surface area (Å²) >= 11 is 4.00. The maximum Gasteiger partial charge on any atom is 0.338 e. The molecular weight excluding hydrogens is 258 g/mol. The Morgan fingerprint density at radius 2 is 1.67 bits per heavy atom. The van der Waals surface area contributed by atoms with Crippen LogP contribution >= 0.6 is 27.6 Å². The van der Waals surface area contributed by atoms with Crippen molar-refractivity contribution in [3.05, 3.63) is 0 Å². The fourth-order valence-corrected chi connectivity index (χ4v) is 4.94. The van der Waals surface area contributed by atoms with Crippen LogP contribution in [0.4, 0.5) is 0 Å². The molecule has 0 aliphatic heterocycles. The van der Waals surface area contributed by atoms with E-state index in [4.69, 9.17) is 9.79 Å². The molecule has 0 heterocycles. The molecular formula is C7H18O5P2S. The molecule has 0 fully saturated rings. The Morgan fingerprint density at radius 1 is 1.13 bits per heavy atom. The Bertz CT molecular complexity index is 249. The normalized spacial score (nSPS) is 18.5. The third kappa shape index (κ3) is 6.77. The van der Waals surface area contributed by atoms with Gasteiger partial charge < -0.3 is 14.7 Å². The first-order valence-electron chi connectivity index (χ1n) is 4.65. The maximum absolute atomic E-state index is 11.3. The van der Waals surface area contributed by atoms with Crippen molar-refractivity contribution in [3.8, 4) is 0 Å². The summed E-state index contributed by atoms with van der Waals surface area (Å²) < 4.78 is 22.3. The van der Waals surface area contributed by atoms with Gasteiger partial charge in [0.1, 0.15) is 5.40 Å². The monoisotopic (exact) mass is 276 g/mol. The molecule has 5 nitrogen and oxygen atoms in total. The molecule has 0 amide bonds.